The van der Waals surface area contributed by atoms with Crippen LogP contribution in [0.4, 0.5) is 13.2 Å². The fourth-order valence-electron chi connectivity index (χ4n) is 2.26. The molecule has 0 aromatic heterocycles. The SMILES string of the molecule is COCC(C)NCCN1CCC(C(F)(F)F)CC1. The Morgan fingerprint density at radius 3 is 2.44 bits per heavy atom. The standard InChI is InChI=1S/C12H23F3N2O/c1-10(9-18-2)16-5-8-17-6-3-11(4-7-17)12(13,14)15/h10-11,16H,3-9H2,1-2H3. The molecule has 0 saturated carbocycles. The summed E-state index contributed by atoms with van der Waals surface area (Å²) in [5, 5.41) is 3.28. The van der Waals surface area contributed by atoms with Crippen molar-refractivity contribution in [1.82, 2.24) is 10.2 Å². The van der Waals surface area contributed by atoms with Crippen molar-refractivity contribution in [2.45, 2.75) is 32.0 Å². The summed E-state index contributed by atoms with van der Waals surface area (Å²) in [6.45, 7) is 5.37. The molecule has 1 aliphatic rings. The molecule has 0 aromatic carbocycles. The quantitative estimate of drug-likeness (QED) is 0.796. The molecule has 108 valence electrons. The number of rotatable bonds is 6. The van der Waals surface area contributed by atoms with E-state index in [2.05, 4.69) is 10.2 Å². The first kappa shape index (κ1) is 15.7. The summed E-state index contributed by atoms with van der Waals surface area (Å²) in [6.07, 6.45) is -3.55. The van der Waals surface area contributed by atoms with Gasteiger partial charge in [-0.05, 0) is 32.9 Å². The Bertz CT molecular complexity index is 228. The second-order valence-electron chi connectivity index (χ2n) is 4.97. The van der Waals surface area contributed by atoms with Crippen LogP contribution in [0.2, 0.25) is 0 Å². The monoisotopic (exact) mass is 268 g/mol. The molecule has 0 radical (unpaired) electrons. The average Bonchev–Trinajstić information content (AvgIpc) is 2.29. The largest absolute Gasteiger partial charge is 0.391 e. The lowest BCUT2D eigenvalue weighted by molar-refractivity contribution is -0.184. The van der Waals surface area contributed by atoms with Crippen molar-refractivity contribution in [1.29, 1.82) is 0 Å². The van der Waals surface area contributed by atoms with Crippen molar-refractivity contribution in [3.8, 4) is 0 Å². The van der Waals surface area contributed by atoms with Crippen LogP contribution in [0.15, 0.2) is 0 Å². The van der Waals surface area contributed by atoms with Gasteiger partial charge in [-0.3, -0.25) is 0 Å². The molecule has 3 nitrogen and oxygen atoms in total. The molecular formula is C12H23F3N2O. The average molecular weight is 268 g/mol. The van der Waals surface area contributed by atoms with E-state index < -0.39 is 12.1 Å². The topological polar surface area (TPSA) is 24.5 Å². The van der Waals surface area contributed by atoms with E-state index in [0.29, 0.717) is 19.7 Å². The molecule has 0 bridgehead atoms. The number of piperidine rings is 1. The normalized spacial score (nSPS) is 21.2. The van der Waals surface area contributed by atoms with Crippen LogP contribution in [0.3, 0.4) is 0 Å². The molecule has 0 aliphatic carbocycles. The highest BCUT2D eigenvalue weighted by molar-refractivity contribution is 4.77. The highest BCUT2D eigenvalue weighted by Gasteiger charge is 2.40. The minimum atomic E-state index is -4.02. The Morgan fingerprint density at radius 1 is 1.33 bits per heavy atom. The molecule has 1 N–H and O–H groups in total. The lowest BCUT2D eigenvalue weighted by atomic mass is 9.96. The van der Waals surface area contributed by atoms with E-state index in [1.54, 1.807) is 7.11 Å². The molecule has 6 heteroatoms. The summed E-state index contributed by atoms with van der Waals surface area (Å²) in [5.74, 6) is -1.10. The van der Waals surface area contributed by atoms with Crippen molar-refractivity contribution in [2.75, 3.05) is 39.9 Å². The van der Waals surface area contributed by atoms with Crippen molar-refractivity contribution in [2.24, 2.45) is 5.92 Å². The number of nitrogens with one attached hydrogen (secondary N) is 1. The van der Waals surface area contributed by atoms with Gasteiger partial charge in [0.25, 0.3) is 0 Å². The highest BCUT2D eigenvalue weighted by atomic mass is 19.4. The molecular weight excluding hydrogens is 245 g/mol. The molecule has 1 atom stereocenters. The first-order chi connectivity index (χ1) is 8.43. The Hall–Kier alpha value is -0.330. The first-order valence-electron chi connectivity index (χ1n) is 6.45. The number of alkyl halides is 3. The van der Waals surface area contributed by atoms with E-state index in [-0.39, 0.29) is 18.9 Å². The van der Waals surface area contributed by atoms with Gasteiger partial charge < -0.3 is 15.0 Å². The minimum absolute atomic E-state index is 0.233. The summed E-state index contributed by atoms with van der Waals surface area (Å²) in [6, 6.07) is 0.280. The Morgan fingerprint density at radius 2 is 1.94 bits per heavy atom. The van der Waals surface area contributed by atoms with Crippen LogP contribution in [0.5, 0.6) is 0 Å². The fraction of sp³-hybridized carbons (Fsp3) is 1.00. The van der Waals surface area contributed by atoms with Crippen LogP contribution in [-0.2, 0) is 4.74 Å². The lowest BCUT2D eigenvalue weighted by Crippen LogP contribution is -2.43. The predicted molar refractivity (Wildman–Crippen MR) is 64.6 cm³/mol. The second kappa shape index (κ2) is 7.31. The third-order valence-corrected chi connectivity index (χ3v) is 3.39. The van der Waals surface area contributed by atoms with Crippen LogP contribution in [0.25, 0.3) is 0 Å². The van der Waals surface area contributed by atoms with Gasteiger partial charge in [0.2, 0.25) is 0 Å². The second-order valence-corrected chi connectivity index (χ2v) is 4.97. The zero-order valence-corrected chi connectivity index (χ0v) is 11.1. The van der Waals surface area contributed by atoms with Crippen molar-refractivity contribution < 1.29 is 17.9 Å². The zero-order valence-electron chi connectivity index (χ0n) is 11.1. The smallest absolute Gasteiger partial charge is 0.383 e. The molecule has 1 heterocycles. The maximum absolute atomic E-state index is 12.5. The first-order valence-corrected chi connectivity index (χ1v) is 6.45. The molecule has 1 saturated heterocycles. The lowest BCUT2D eigenvalue weighted by Gasteiger charge is -2.33. The van der Waals surface area contributed by atoms with Crippen molar-refractivity contribution >= 4 is 0 Å². The zero-order chi connectivity index (χ0) is 13.6. The summed E-state index contributed by atoms with van der Waals surface area (Å²) in [7, 11) is 1.65. The molecule has 1 unspecified atom stereocenters. The Labute approximate surface area is 107 Å². The third-order valence-electron chi connectivity index (χ3n) is 3.39. The van der Waals surface area contributed by atoms with Gasteiger partial charge in [-0.25, -0.2) is 0 Å². The molecule has 1 aliphatic heterocycles. The fourth-order valence-corrected chi connectivity index (χ4v) is 2.26. The maximum atomic E-state index is 12.5. The number of halogens is 3. The number of ether oxygens (including phenoxy) is 1. The summed E-state index contributed by atoms with van der Waals surface area (Å²) >= 11 is 0. The molecule has 0 aromatic rings. The molecule has 1 fully saturated rings. The van der Waals surface area contributed by atoms with Crippen LogP contribution in [0.1, 0.15) is 19.8 Å². The minimum Gasteiger partial charge on any atom is -0.383 e. The van der Waals surface area contributed by atoms with Crippen LogP contribution < -0.4 is 5.32 Å². The number of methoxy groups -OCH3 is 1. The number of nitrogens with zero attached hydrogens (tertiary/aromatic N) is 1. The van der Waals surface area contributed by atoms with E-state index >= 15 is 0 Å². The van der Waals surface area contributed by atoms with Gasteiger partial charge in [0, 0.05) is 26.2 Å². The molecule has 18 heavy (non-hydrogen) atoms. The van der Waals surface area contributed by atoms with Crippen molar-refractivity contribution in [3.05, 3.63) is 0 Å². The predicted octanol–water partition coefficient (Wildman–Crippen LogP) is 1.89. The van der Waals surface area contributed by atoms with E-state index in [9.17, 15) is 13.2 Å². The van der Waals surface area contributed by atoms with Crippen LogP contribution >= 0.6 is 0 Å². The van der Waals surface area contributed by atoms with E-state index in [0.717, 1.165) is 13.1 Å². The van der Waals surface area contributed by atoms with Gasteiger partial charge >= 0.3 is 6.18 Å². The number of hydrogen-bond acceptors (Lipinski definition) is 3. The van der Waals surface area contributed by atoms with Gasteiger partial charge in [-0.1, -0.05) is 0 Å². The van der Waals surface area contributed by atoms with Gasteiger partial charge in [0.15, 0.2) is 0 Å². The van der Waals surface area contributed by atoms with Crippen LogP contribution in [0, 0.1) is 5.92 Å². The van der Waals surface area contributed by atoms with Gasteiger partial charge in [0.1, 0.15) is 0 Å². The van der Waals surface area contributed by atoms with Gasteiger partial charge in [-0.15, -0.1) is 0 Å². The number of hydrogen-bond donors (Lipinski definition) is 1. The van der Waals surface area contributed by atoms with E-state index in [1.807, 2.05) is 6.92 Å². The van der Waals surface area contributed by atoms with Crippen molar-refractivity contribution in [3.63, 3.8) is 0 Å². The third kappa shape index (κ3) is 5.54. The summed E-state index contributed by atoms with van der Waals surface area (Å²) in [4.78, 5) is 2.09. The number of likely N-dealkylation sites (tertiary alicyclic amines) is 1. The maximum Gasteiger partial charge on any atom is 0.391 e. The Balaban J connectivity index is 2.13. The molecule has 1 rings (SSSR count). The summed E-state index contributed by atoms with van der Waals surface area (Å²) in [5.41, 5.74) is 0. The van der Waals surface area contributed by atoms with Crippen LogP contribution in [-0.4, -0.2) is 57.0 Å². The van der Waals surface area contributed by atoms with E-state index in [1.165, 1.54) is 0 Å². The molecule has 0 amide bonds. The molecule has 0 spiro atoms. The highest BCUT2D eigenvalue weighted by Crippen LogP contribution is 2.33. The summed E-state index contributed by atoms with van der Waals surface area (Å²) < 4.78 is 42.4. The van der Waals surface area contributed by atoms with Gasteiger partial charge in [0.05, 0.1) is 12.5 Å². The van der Waals surface area contributed by atoms with Gasteiger partial charge in [-0.2, -0.15) is 13.2 Å². The van der Waals surface area contributed by atoms with E-state index in [4.69, 9.17) is 4.74 Å². The Kier molecular flexibility index (Phi) is 6.38.